The number of carbonyl (C=O) groups is 2. The van der Waals surface area contributed by atoms with Crippen LogP contribution in [0.4, 0.5) is 11.4 Å². The molecule has 1 aliphatic carbocycles. The van der Waals surface area contributed by atoms with E-state index in [1.54, 1.807) is 0 Å². The molecule has 1 aromatic carbocycles. The fraction of sp³-hybridized carbons (Fsp3) is 0.385. The van der Waals surface area contributed by atoms with Crippen molar-refractivity contribution in [3.8, 4) is 0 Å². The first-order chi connectivity index (χ1) is 9.99. The van der Waals surface area contributed by atoms with Crippen LogP contribution < -0.4 is 10.6 Å². The van der Waals surface area contributed by atoms with Crippen LogP contribution in [0.3, 0.4) is 0 Å². The van der Waals surface area contributed by atoms with Gasteiger partial charge in [0.05, 0.1) is 4.92 Å². The summed E-state index contributed by atoms with van der Waals surface area (Å²) in [6, 6.07) is 3.80. The molecule has 3 N–H and O–H groups in total. The van der Waals surface area contributed by atoms with Gasteiger partial charge in [0.15, 0.2) is 0 Å². The van der Waals surface area contributed by atoms with Crippen LogP contribution in [0.5, 0.6) is 0 Å². The lowest BCUT2D eigenvalue weighted by Crippen LogP contribution is -2.29. The van der Waals surface area contributed by atoms with Gasteiger partial charge < -0.3 is 15.7 Å². The Morgan fingerprint density at radius 1 is 1.33 bits per heavy atom. The van der Waals surface area contributed by atoms with Crippen LogP contribution in [0.1, 0.15) is 23.2 Å². The Balaban J connectivity index is 1.90. The molecule has 0 unspecified atom stereocenters. The molecule has 1 fully saturated rings. The number of nitro benzene ring substituents is 1. The normalized spacial score (nSPS) is 13.5. The van der Waals surface area contributed by atoms with Crippen molar-refractivity contribution in [3.63, 3.8) is 0 Å². The molecule has 21 heavy (non-hydrogen) atoms. The van der Waals surface area contributed by atoms with E-state index in [-0.39, 0.29) is 17.4 Å². The molecule has 0 heterocycles. The molecule has 1 saturated carbocycles. The summed E-state index contributed by atoms with van der Waals surface area (Å²) < 4.78 is 0. The molecule has 8 nitrogen and oxygen atoms in total. The van der Waals surface area contributed by atoms with Gasteiger partial charge in [0.1, 0.15) is 5.56 Å². The number of nitro groups is 1. The third-order valence-electron chi connectivity index (χ3n) is 3.13. The number of amides is 1. The topological polar surface area (TPSA) is 122 Å². The number of anilines is 1. The summed E-state index contributed by atoms with van der Waals surface area (Å²) in [6.45, 7) is 0.823. The fourth-order valence-corrected chi connectivity index (χ4v) is 1.86. The first-order valence-corrected chi connectivity index (χ1v) is 6.52. The van der Waals surface area contributed by atoms with Crippen molar-refractivity contribution in [3.05, 3.63) is 33.9 Å². The fourth-order valence-electron chi connectivity index (χ4n) is 1.86. The first-order valence-electron chi connectivity index (χ1n) is 6.52. The van der Waals surface area contributed by atoms with Crippen LogP contribution in [0.15, 0.2) is 18.2 Å². The number of carbonyl (C=O) groups excluding carboxylic acids is 1. The molecule has 0 spiro atoms. The average molecular weight is 293 g/mol. The highest BCUT2D eigenvalue weighted by atomic mass is 16.6. The van der Waals surface area contributed by atoms with E-state index in [0.717, 1.165) is 18.9 Å². The van der Waals surface area contributed by atoms with Gasteiger partial charge in [-0.25, -0.2) is 4.79 Å². The molecule has 112 valence electrons. The van der Waals surface area contributed by atoms with Gasteiger partial charge in [-0.3, -0.25) is 14.9 Å². The van der Waals surface area contributed by atoms with Gasteiger partial charge in [0.2, 0.25) is 5.91 Å². The Morgan fingerprint density at radius 2 is 2.05 bits per heavy atom. The van der Waals surface area contributed by atoms with E-state index in [2.05, 4.69) is 10.6 Å². The highest BCUT2D eigenvalue weighted by molar-refractivity contribution is 5.93. The Morgan fingerprint density at radius 3 is 2.62 bits per heavy atom. The van der Waals surface area contributed by atoms with E-state index in [1.807, 2.05) is 0 Å². The molecule has 0 atom stereocenters. The second-order valence-corrected chi connectivity index (χ2v) is 4.79. The van der Waals surface area contributed by atoms with Crippen molar-refractivity contribution in [1.29, 1.82) is 0 Å². The van der Waals surface area contributed by atoms with Crippen molar-refractivity contribution < 1.29 is 19.6 Å². The number of hydrogen-bond donors (Lipinski definition) is 3. The summed E-state index contributed by atoms with van der Waals surface area (Å²) in [4.78, 5) is 32.4. The van der Waals surface area contributed by atoms with Gasteiger partial charge in [-0.05, 0) is 25.0 Å². The van der Waals surface area contributed by atoms with E-state index in [9.17, 15) is 19.7 Å². The van der Waals surface area contributed by atoms with Crippen molar-refractivity contribution in [2.75, 3.05) is 18.4 Å². The molecule has 0 saturated heterocycles. The van der Waals surface area contributed by atoms with Crippen molar-refractivity contribution in [1.82, 2.24) is 5.32 Å². The average Bonchev–Trinajstić information content (AvgIpc) is 3.27. The molecular formula is C13H15N3O5. The maximum atomic E-state index is 11.4. The Bertz CT molecular complexity index is 583. The number of rotatable bonds is 7. The molecule has 8 heteroatoms. The minimum atomic E-state index is -1.35. The van der Waals surface area contributed by atoms with Crippen LogP contribution >= 0.6 is 0 Å². The zero-order valence-electron chi connectivity index (χ0n) is 11.2. The molecule has 1 amide bonds. The number of hydrogen-bond acceptors (Lipinski definition) is 5. The minimum Gasteiger partial charge on any atom is -0.477 e. The third kappa shape index (κ3) is 3.91. The molecule has 0 bridgehead atoms. The molecular weight excluding hydrogens is 278 g/mol. The predicted molar refractivity (Wildman–Crippen MR) is 74.3 cm³/mol. The highest BCUT2D eigenvalue weighted by Gasteiger charge is 2.29. The van der Waals surface area contributed by atoms with Gasteiger partial charge in [-0.2, -0.15) is 0 Å². The van der Waals surface area contributed by atoms with E-state index in [4.69, 9.17) is 5.11 Å². The Labute approximate surface area is 120 Å². The molecule has 1 aliphatic rings. The quantitative estimate of drug-likeness (QED) is 0.395. The number of benzene rings is 1. The smallest absolute Gasteiger partial charge is 0.342 e. The van der Waals surface area contributed by atoms with Crippen molar-refractivity contribution >= 4 is 23.3 Å². The summed E-state index contributed by atoms with van der Waals surface area (Å²) in [5, 5.41) is 25.4. The number of nitrogens with one attached hydrogen (secondary N) is 2. The van der Waals surface area contributed by atoms with Crippen LogP contribution in [-0.4, -0.2) is 35.0 Å². The van der Waals surface area contributed by atoms with Crippen LogP contribution in [0, 0.1) is 16.0 Å². The summed E-state index contributed by atoms with van der Waals surface area (Å²) in [7, 11) is 0. The number of nitrogens with zero attached hydrogens (tertiary/aromatic N) is 1. The summed E-state index contributed by atoms with van der Waals surface area (Å²) in [5.41, 5.74) is -0.360. The molecule has 2 rings (SSSR count). The number of carboxylic acid groups (broad SMARTS) is 1. The molecule has 0 aromatic heterocycles. The SMILES string of the molecule is O=C(O)c1cc(NCCNC(=O)C2CC2)ccc1[N+](=O)[O-]. The van der Waals surface area contributed by atoms with Gasteiger partial charge in [-0.15, -0.1) is 0 Å². The molecule has 0 radical (unpaired) electrons. The van der Waals surface area contributed by atoms with E-state index in [0.29, 0.717) is 18.8 Å². The highest BCUT2D eigenvalue weighted by Crippen LogP contribution is 2.28. The van der Waals surface area contributed by atoms with Crippen LogP contribution in [0.2, 0.25) is 0 Å². The van der Waals surface area contributed by atoms with Gasteiger partial charge in [-0.1, -0.05) is 0 Å². The summed E-state index contributed by atoms with van der Waals surface area (Å²) >= 11 is 0. The van der Waals surface area contributed by atoms with Crippen molar-refractivity contribution in [2.45, 2.75) is 12.8 Å². The summed E-state index contributed by atoms with van der Waals surface area (Å²) in [6.07, 6.45) is 1.87. The lowest BCUT2D eigenvalue weighted by Gasteiger charge is -2.08. The second-order valence-electron chi connectivity index (χ2n) is 4.79. The lowest BCUT2D eigenvalue weighted by molar-refractivity contribution is -0.385. The monoisotopic (exact) mass is 293 g/mol. The Hall–Kier alpha value is -2.64. The van der Waals surface area contributed by atoms with E-state index < -0.39 is 16.6 Å². The zero-order valence-corrected chi connectivity index (χ0v) is 11.2. The van der Waals surface area contributed by atoms with Crippen molar-refractivity contribution in [2.24, 2.45) is 5.92 Å². The lowest BCUT2D eigenvalue weighted by atomic mass is 10.1. The maximum Gasteiger partial charge on any atom is 0.342 e. The van der Waals surface area contributed by atoms with Gasteiger partial charge >= 0.3 is 5.97 Å². The predicted octanol–water partition coefficient (Wildman–Crippen LogP) is 1.23. The van der Waals surface area contributed by atoms with E-state index in [1.165, 1.54) is 12.1 Å². The standard InChI is InChI=1S/C13H15N3O5/c17-12(8-1-2-8)15-6-5-14-9-3-4-11(16(20)21)10(7-9)13(18)19/h3-4,7-8,14H,1-2,5-6H2,(H,15,17)(H,18,19). The molecule has 1 aromatic rings. The number of aromatic carboxylic acids is 1. The van der Waals surface area contributed by atoms with Crippen LogP contribution in [0.25, 0.3) is 0 Å². The van der Waals surface area contributed by atoms with Crippen LogP contribution in [-0.2, 0) is 4.79 Å². The summed E-state index contributed by atoms with van der Waals surface area (Å²) in [5.74, 6) is -1.18. The Kier molecular flexibility index (Phi) is 4.36. The maximum absolute atomic E-state index is 11.4. The number of carboxylic acids is 1. The second kappa shape index (κ2) is 6.21. The van der Waals surface area contributed by atoms with Gasteiger partial charge in [0, 0.05) is 30.8 Å². The molecule has 0 aliphatic heterocycles. The largest absolute Gasteiger partial charge is 0.477 e. The first kappa shape index (κ1) is 14.8. The van der Waals surface area contributed by atoms with E-state index >= 15 is 0 Å². The minimum absolute atomic E-state index is 0.0340. The zero-order chi connectivity index (χ0) is 15.4. The third-order valence-corrected chi connectivity index (χ3v) is 3.13. The van der Waals surface area contributed by atoms with Gasteiger partial charge in [0.25, 0.3) is 5.69 Å².